The highest BCUT2D eigenvalue weighted by Crippen LogP contribution is 2.27. The number of hydrogen-bond acceptors (Lipinski definition) is 3. The first kappa shape index (κ1) is 15.3. The van der Waals surface area contributed by atoms with E-state index in [9.17, 15) is 22.8 Å². The third-order valence-corrected chi connectivity index (χ3v) is 3.59. The Bertz CT molecular complexity index is 549. The molecular formula is C12H14F3N3O3. The fraction of sp³-hybridized carbons (Fsp3) is 0.583. The van der Waals surface area contributed by atoms with Crippen LogP contribution in [0.25, 0.3) is 0 Å². The van der Waals surface area contributed by atoms with Crippen LogP contribution in [0.2, 0.25) is 0 Å². The van der Waals surface area contributed by atoms with Crippen molar-refractivity contribution in [2.45, 2.75) is 19.6 Å². The van der Waals surface area contributed by atoms with Gasteiger partial charge in [0.25, 0.3) is 0 Å². The molecule has 1 atom stereocenters. The number of hydrogen-bond donors (Lipinski definition) is 1. The van der Waals surface area contributed by atoms with E-state index in [-0.39, 0.29) is 18.4 Å². The van der Waals surface area contributed by atoms with Crippen LogP contribution < -0.4 is 0 Å². The van der Waals surface area contributed by atoms with Gasteiger partial charge < -0.3 is 10.0 Å². The maximum atomic E-state index is 12.4. The largest absolute Gasteiger partial charge is 0.481 e. The van der Waals surface area contributed by atoms with Gasteiger partial charge in [0.1, 0.15) is 6.54 Å². The fourth-order valence-corrected chi connectivity index (χ4v) is 2.07. The van der Waals surface area contributed by atoms with Crippen LogP contribution >= 0.6 is 0 Å². The molecular weight excluding hydrogens is 291 g/mol. The number of carbonyl (C=O) groups excluding carboxylic acids is 1. The highest BCUT2D eigenvalue weighted by atomic mass is 19.4. The molecule has 0 radical (unpaired) electrons. The van der Waals surface area contributed by atoms with Crippen LogP contribution in [0.1, 0.15) is 12.6 Å². The molecule has 0 saturated carbocycles. The van der Waals surface area contributed by atoms with Gasteiger partial charge in [0.2, 0.25) is 5.91 Å². The Morgan fingerprint density at radius 1 is 1.48 bits per heavy atom. The zero-order valence-electron chi connectivity index (χ0n) is 11.2. The summed E-state index contributed by atoms with van der Waals surface area (Å²) in [6, 6.07) is 0.804. The fourth-order valence-electron chi connectivity index (χ4n) is 2.07. The molecule has 9 heteroatoms. The van der Waals surface area contributed by atoms with Crippen molar-refractivity contribution in [3.8, 4) is 0 Å². The predicted octanol–water partition coefficient (Wildman–Crippen LogP) is 1.08. The molecule has 1 aliphatic heterocycles. The molecule has 1 N–H and O–H groups in total. The van der Waals surface area contributed by atoms with Crippen LogP contribution in [0.4, 0.5) is 13.2 Å². The van der Waals surface area contributed by atoms with Crippen molar-refractivity contribution >= 4 is 11.9 Å². The summed E-state index contributed by atoms with van der Waals surface area (Å²) in [5.74, 6) is -1.96. The molecule has 0 aromatic carbocycles. The van der Waals surface area contributed by atoms with Gasteiger partial charge in [-0.05, 0) is 6.07 Å². The lowest BCUT2D eigenvalue weighted by Gasteiger charge is -2.41. The SMILES string of the molecule is CC(C(=O)O)C1CN(C(=O)Cn2ccc(C(F)(F)F)n2)C1. The van der Waals surface area contributed by atoms with Crippen LogP contribution in [-0.4, -0.2) is 44.8 Å². The van der Waals surface area contributed by atoms with Crippen LogP contribution in [0.3, 0.4) is 0 Å². The summed E-state index contributed by atoms with van der Waals surface area (Å²) >= 11 is 0. The standard InChI is InChI=1S/C12H14F3N3O3/c1-7(11(20)21)8-4-17(5-8)10(19)6-18-3-2-9(16-18)12(13,14)15/h2-3,7-8H,4-6H2,1H3,(H,20,21). The number of likely N-dealkylation sites (tertiary alicyclic amines) is 1. The Labute approximate surface area is 118 Å². The average molecular weight is 305 g/mol. The zero-order valence-corrected chi connectivity index (χ0v) is 11.2. The number of amides is 1. The van der Waals surface area contributed by atoms with Crippen LogP contribution in [0.15, 0.2) is 12.3 Å². The lowest BCUT2D eigenvalue weighted by atomic mass is 9.87. The number of carboxylic acid groups (broad SMARTS) is 1. The van der Waals surface area contributed by atoms with E-state index in [1.54, 1.807) is 6.92 Å². The maximum absolute atomic E-state index is 12.4. The van der Waals surface area contributed by atoms with Gasteiger partial charge in [-0.25, -0.2) is 0 Å². The quantitative estimate of drug-likeness (QED) is 0.903. The molecule has 21 heavy (non-hydrogen) atoms. The van der Waals surface area contributed by atoms with E-state index >= 15 is 0 Å². The van der Waals surface area contributed by atoms with Gasteiger partial charge in [-0.1, -0.05) is 6.92 Å². The van der Waals surface area contributed by atoms with E-state index in [0.29, 0.717) is 13.1 Å². The molecule has 1 aliphatic rings. The molecule has 1 aromatic heterocycles. The van der Waals surface area contributed by atoms with Crippen molar-refractivity contribution < 1.29 is 27.9 Å². The predicted molar refractivity (Wildman–Crippen MR) is 64.1 cm³/mol. The molecule has 6 nitrogen and oxygen atoms in total. The highest BCUT2D eigenvalue weighted by molar-refractivity contribution is 5.77. The van der Waals surface area contributed by atoms with Crippen molar-refractivity contribution in [3.05, 3.63) is 18.0 Å². The minimum atomic E-state index is -4.53. The molecule has 0 aliphatic carbocycles. The number of carboxylic acids is 1. The first-order valence-electron chi connectivity index (χ1n) is 6.29. The van der Waals surface area contributed by atoms with Crippen LogP contribution in [0, 0.1) is 11.8 Å². The van der Waals surface area contributed by atoms with Gasteiger partial charge in [-0.3, -0.25) is 14.3 Å². The smallest absolute Gasteiger partial charge is 0.435 e. The van der Waals surface area contributed by atoms with Gasteiger partial charge in [0, 0.05) is 25.2 Å². The summed E-state index contributed by atoms with van der Waals surface area (Å²) in [4.78, 5) is 24.0. The van der Waals surface area contributed by atoms with E-state index in [2.05, 4.69) is 5.10 Å². The highest BCUT2D eigenvalue weighted by Gasteiger charge is 2.37. The third kappa shape index (κ3) is 3.34. The van der Waals surface area contributed by atoms with Crippen LogP contribution in [-0.2, 0) is 22.3 Å². The number of halogens is 3. The Balaban J connectivity index is 1.87. The summed E-state index contributed by atoms with van der Waals surface area (Å²) in [5, 5.41) is 12.1. The Hall–Kier alpha value is -2.06. The van der Waals surface area contributed by atoms with E-state index < -0.39 is 23.8 Å². The lowest BCUT2D eigenvalue weighted by Crippen LogP contribution is -2.54. The summed E-state index contributed by atoms with van der Waals surface area (Å²) in [6.45, 7) is 1.89. The number of alkyl halides is 3. The molecule has 2 rings (SSSR count). The molecule has 2 heterocycles. The summed E-state index contributed by atoms with van der Waals surface area (Å²) in [6.07, 6.45) is -3.44. The topological polar surface area (TPSA) is 75.4 Å². The van der Waals surface area contributed by atoms with Crippen molar-refractivity contribution in [1.29, 1.82) is 0 Å². The number of rotatable bonds is 4. The Morgan fingerprint density at radius 3 is 2.57 bits per heavy atom. The van der Waals surface area contributed by atoms with Crippen molar-refractivity contribution in [3.63, 3.8) is 0 Å². The maximum Gasteiger partial charge on any atom is 0.435 e. The minimum absolute atomic E-state index is 0.116. The molecule has 1 fully saturated rings. The van der Waals surface area contributed by atoms with Crippen molar-refractivity contribution in [2.75, 3.05) is 13.1 Å². The van der Waals surface area contributed by atoms with Crippen molar-refractivity contribution in [1.82, 2.24) is 14.7 Å². The van der Waals surface area contributed by atoms with Crippen molar-refractivity contribution in [2.24, 2.45) is 11.8 Å². The normalized spacial score (nSPS) is 17.4. The van der Waals surface area contributed by atoms with E-state index in [0.717, 1.165) is 16.9 Å². The second-order valence-corrected chi connectivity index (χ2v) is 5.08. The molecule has 1 amide bonds. The summed E-state index contributed by atoms with van der Waals surface area (Å²) in [7, 11) is 0. The number of carbonyl (C=O) groups is 2. The molecule has 116 valence electrons. The van der Waals surface area contributed by atoms with Gasteiger partial charge in [0.05, 0.1) is 5.92 Å². The zero-order chi connectivity index (χ0) is 15.8. The van der Waals surface area contributed by atoms with E-state index in [1.807, 2.05) is 0 Å². The summed E-state index contributed by atoms with van der Waals surface area (Å²) in [5.41, 5.74) is -1.05. The molecule has 1 unspecified atom stereocenters. The average Bonchev–Trinajstić information content (AvgIpc) is 2.74. The van der Waals surface area contributed by atoms with Crippen LogP contribution in [0.5, 0.6) is 0 Å². The summed E-state index contributed by atoms with van der Waals surface area (Å²) < 4.78 is 38.0. The van der Waals surface area contributed by atoms with Gasteiger partial charge in [-0.15, -0.1) is 0 Å². The Kier molecular flexibility index (Phi) is 3.93. The number of aromatic nitrogens is 2. The number of nitrogens with zero attached hydrogens (tertiary/aromatic N) is 3. The van der Waals surface area contributed by atoms with Gasteiger partial charge >= 0.3 is 12.1 Å². The lowest BCUT2D eigenvalue weighted by molar-refractivity contribution is -0.151. The third-order valence-electron chi connectivity index (χ3n) is 3.59. The van der Waals surface area contributed by atoms with E-state index in [1.165, 1.54) is 4.90 Å². The Morgan fingerprint density at radius 2 is 2.10 bits per heavy atom. The van der Waals surface area contributed by atoms with E-state index in [4.69, 9.17) is 5.11 Å². The first-order valence-corrected chi connectivity index (χ1v) is 6.29. The second kappa shape index (κ2) is 5.38. The molecule has 0 bridgehead atoms. The first-order chi connectivity index (χ1) is 9.68. The molecule has 1 saturated heterocycles. The second-order valence-electron chi connectivity index (χ2n) is 5.08. The molecule has 0 spiro atoms. The van der Waals surface area contributed by atoms with Gasteiger partial charge in [0.15, 0.2) is 5.69 Å². The number of aliphatic carboxylic acids is 1. The molecule has 1 aromatic rings. The van der Waals surface area contributed by atoms with Gasteiger partial charge in [-0.2, -0.15) is 18.3 Å². The minimum Gasteiger partial charge on any atom is -0.481 e. The monoisotopic (exact) mass is 305 g/mol.